The number of nitrogens with zero attached hydrogens (tertiary/aromatic N) is 2. The quantitative estimate of drug-likeness (QED) is 0.851. The molecule has 0 spiro atoms. The van der Waals surface area contributed by atoms with E-state index in [-0.39, 0.29) is 11.4 Å². The van der Waals surface area contributed by atoms with Crippen molar-refractivity contribution in [2.75, 3.05) is 0 Å². The Morgan fingerprint density at radius 1 is 1.47 bits per heavy atom. The number of benzene rings is 1. The average molecular weight is 228 g/mol. The molecule has 0 amide bonds. The Bertz CT molecular complexity index is 460. The Morgan fingerprint density at radius 3 is 2.87 bits per heavy atom. The molecule has 1 aromatic carbocycles. The fourth-order valence-electron chi connectivity index (χ4n) is 1.21. The molecule has 2 rings (SSSR count). The summed E-state index contributed by atoms with van der Waals surface area (Å²) in [5, 5.41) is 3.86. The van der Waals surface area contributed by atoms with Crippen LogP contribution in [0.15, 0.2) is 29.1 Å². The predicted octanol–water partition coefficient (Wildman–Crippen LogP) is 1.91. The summed E-state index contributed by atoms with van der Waals surface area (Å²) in [6.45, 7) is 0. The van der Waals surface area contributed by atoms with Gasteiger partial charge in [-0.2, -0.15) is 4.98 Å². The monoisotopic (exact) mass is 227 g/mol. The highest BCUT2D eigenvalue weighted by atomic mass is 35.5. The zero-order chi connectivity index (χ0) is 10.8. The van der Waals surface area contributed by atoms with Gasteiger partial charge < -0.3 is 10.3 Å². The van der Waals surface area contributed by atoms with Crippen LogP contribution < -0.4 is 5.73 Å². The molecule has 2 N–H and O–H groups in total. The van der Waals surface area contributed by atoms with Crippen molar-refractivity contribution in [2.45, 2.75) is 6.04 Å². The number of hydrogen-bond acceptors (Lipinski definition) is 4. The Balaban J connectivity index is 2.38. The van der Waals surface area contributed by atoms with Gasteiger partial charge in [-0.05, 0) is 12.1 Å². The highest BCUT2D eigenvalue weighted by molar-refractivity contribution is 6.30. The van der Waals surface area contributed by atoms with E-state index >= 15 is 0 Å². The zero-order valence-electron chi connectivity index (χ0n) is 7.52. The van der Waals surface area contributed by atoms with Crippen LogP contribution in [0.25, 0.3) is 0 Å². The van der Waals surface area contributed by atoms with Crippen LogP contribution >= 0.6 is 11.6 Å². The molecule has 0 bridgehead atoms. The first-order valence-corrected chi connectivity index (χ1v) is 4.53. The number of aromatic nitrogens is 2. The summed E-state index contributed by atoms with van der Waals surface area (Å²) in [6, 6.07) is 3.50. The molecule has 0 saturated carbocycles. The van der Waals surface area contributed by atoms with Gasteiger partial charge >= 0.3 is 0 Å². The molecular weight excluding hydrogens is 221 g/mol. The third-order valence-corrected chi connectivity index (χ3v) is 2.19. The van der Waals surface area contributed by atoms with E-state index in [0.717, 1.165) is 6.39 Å². The minimum atomic E-state index is -0.749. The van der Waals surface area contributed by atoms with E-state index in [0.29, 0.717) is 5.02 Å². The van der Waals surface area contributed by atoms with E-state index in [1.54, 1.807) is 6.07 Å². The largest absolute Gasteiger partial charge is 0.343 e. The molecule has 4 nitrogen and oxygen atoms in total. The summed E-state index contributed by atoms with van der Waals surface area (Å²) in [7, 11) is 0. The number of nitrogens with two attached hydrogens (primary N) is 1. The van der Waals surface area contributed by atoms with Crippen molar-refractivity contribution in [3.8, 4) is 0 Å². The lowest BCUT2D eigenvalue weighted by atomic mass is 10.1. The van der Waals surface area contributed by atoms with Gasteiger partial charge in [0.15, 0.2) is 5.82 Å². The van der Waals surface area contributed by atoms with Gasteiger partial charge in [0.25, 0.3) is 0 Å². The molecule has 0 fully saturated rings. The molecule has 0 saturated heterocycles. The van der Waals surface area contributed by atoms with Crippen LogP contribution in [-0.4, -0.2) is 10.1 Å². The summed E-state index contributed by atoms with van der Waals surface area (Å²) in [6.07, 6.45) is 1.14. The molecule has 6 heteroatoms. The van der Waals surface area contributed by atoms with Crippen LogP contribution in [-0.2, 0) is 0 Å². The van der Waals surface area contributed by atoms with Crippen LogP contribution in [0.2, 0.25) is 5.02 Å². The summed E-state index contributed by atoms with van der Waals surface area (Å²) < 4.78 is 18.0. The van der Waals surface area contributed by atoms with Crippen LogP contribution in [0.4, 0.5) is 4.39 Å². The Morgan fingerprint density at radius 2 is 2.27 bits per heavy atom. The first kappa shape index (κ1) is 10.1. The molecular formula is C9H7ClFN3O. The van der Waals surface area contributed by atoms with Gasteiger partial charge in [0.1, 0.15) is 5.82 Å². The lowest BCUT2D eigenvalue weighted by molar-refractivity contribution is 0.407. The summed E-state index contributed by atoms with van der Waals surface area (Å²) in [5.74, 6) is -0.254. The van der Waals surface area contributed by atoms with E-state index < -0.39 is 11.9 Å². The lowest BCUT2D eigenvalue weighted by Crippen LogP contribution is -2.15. The molecule has 0 aliphatic heterocycles. The highest BCUT2D eigenvalue weighted by Gasteiger charge is 2.17. The topological polar surface area (TPSA) is 64.9 Å². The Hall–Kier alpha value is -1.46. The van der Waals surface area contributed by atoms with E-state index in [1.807, 2.05) is 0 Å². The molecule has 1 aromatic heterocycles. The highest BCUT2D eigenvalue weighted by Crippen LogP contribution is 2.22. The molecule has 0 aliphatic carbocycles. The maximum atomic E-state index is 13.4. The Labute approximate surface area is 89.8 Å². The Kier molecular flexibility index (Phi) is 2.66. The first-order valence-electron chi connectivity index (χ1n) is 4.15. The van der Waals surface area contributed by atoms with Crippen LogP contribution in [0.5, 0.6) is 0 Å². The maximum absolute atomic E-state index is 13.4. The standard InChI is InChI=1S/C9H7ClFN3O/c10-5-1-2-6(7(11)3-5)8(12)9-13-4-15-14-9/h1-4,8H,12H2. The van der Waals surface area contributed by atoms with Gasteiger partial charge in [-0.3, -0.25) is 0 Å². The third-order valence-electron chi connectivity index (χ3n) is 1.95. The molecule has 1 atom stereocenters. The van der Waals surface area contributed by atoms with Crippen LogP contribution in [0, 0.1) is 5.82 Å². The minimum Gasteiger partial charge on any atom is -0.343 e. The summed E-state index contributed by atoms with van der Waals surface area (Å²) >= 11 is 5.62. The molecule has 2 aromatic rings. The van der Waals surface area contributed by atoms with Crippen molar-refractivity contribution >= 4 is 11.6 Å². The van der Waals surface area contributed by atoms with Crippen molar-refractivity contribution < 1.29 is 8.91 Å². The van der Waals surface area contributed by atoms with Gasteiger partial charge in [-0.1, -0.05) is 22.8 Å². The molecule has 0 radical (unpaired) electrons. The van der Waals surface area contributed by atoms with Gasteiger partial charge in [-0.15, -0.1) is 0 Å². The van der Waals surface area contributed by atoms with E-state index in [2.05, 4.69) is 14.7 Å². The summed E-state index contributed by atoms with van der Waals surface area (Å²) in [4.78, 5) is 3.75. The third kappa shape index (κ3) is 1.98. The normalized spacial score (nSPS) is 12.7. The molecule has 15 heavy (non-hydrogen) atoms. The van der Waals surface area contributed by atoms with Crippen molar-refractivity contribution in [3.05, 3.63) is 46.8 Å². The van der Waals surface area contributed by atoms with Crippen LogP contribution in [0.3, 0.4) is 0 Å². The molecule has 0 aliphatic rings. The van der Waals surface area contributed by atoms with E-state index in [9.17, 15) is 4.39 Å². The SMILES string of the molecule is NC(c1ncon1)c1ccc(Cl)cc1F. The van der Waals surface area contributed by atoms with E-state index in [4.69, 9.17) is 17.3 Å². The van der Waals surface area contributed by atoms with Crippen molar-refractivity contribution in [1.29, 1.82) is 0 Å². The number of rotatable bonds is 2. The van der Waals surface area contributed by atoms with Gasteiger partial charge in [0.2, 0.25) is 6.39 Å². The second-order valence-electron chi connectivity index (χ2n) is 2.93. The van der Waals surface area contributed by atoms with Gasteiger partial charge in [-0.25, -0.2) is 4.39 Å². The fourth-order valence-corrected chi connectivity index (χ4v) is 1.37. The second-order valence-corrected chi connectivity index (χ2v) is 3.37. The first-order chi connectivity index (χ1) is 7.18. The van der Waals surface area contributed by atoms with Gasteiger partial charge in [0.05, 0.1) is 6.04 Å². The van der Waals surface area contributed by atoms with Crippen molar-refractivity contribution in [1.82, 2.24) is 10.1 Å². The maximum Gasteiger partial charge on any atom is 0.213 e. The number of hydrogen-bond donors (Lipinski definition) is 1. The number of halogens is 2. The smallest absolute Gasteiger partial charge is 0.213 e. The summed E-state index contributed by atoms with van der Waals surface area (Å²) in [5.41, 5.74) is 6.02. The van der Waals surface area contributed by atoms with Crippen molar-refractivity contribution in [3.63, 3.8) is 0 Å². The molecule has 1 unspecified atom stereocenters. The predicted molar refractivity (Wildman–Crippen MR) is 51.7 cm³/mol. The van der Waals surface area contributed by atoms with Crippen LogP contribution in [0.1, 0.15) is 17.4 Å². The average Bonchev–Trinajstić information content (AvgIpc) is 2.69. The van der Waals surface area contributed by atoms with Crippen molar-refractivity contribution in [2.24, 2.45) is 5.73 Å². The molecule has 78 valence electrons. The fraction of sp³-hybridized carbons (Fsp3) is 0.111. The lowest BCUT2D eigenvalue weighted by Gasteiger charge is -2.08. The van der Waals surface area contributed by atoms with E-state index in [1.165, 1.54) is 12.1 Å². The zero-order valence-corrected chi connectivity index (χ0v) is 8.28. The van der Waals surface area contributed by atoms with Gasteiger partial charge in [0, 0.05) is 10.6 Å². The second kappa shape index (κ2) is 3.96. The minimum absolute atomic E-state index is 0.233. The molecule has 1 heterocycles.